The molecule has 3 aromatic rings. The number of ketones is 1. The normalized spacial score (nSPS) is 21.8. The number of pyridine rings is 1. The first-order chi connectivity index (χ1) is 15.8. The molecule has 7 nitrogen and oxygen atoms in total. The number of hydrogen-bond donors (Lipinski definition) is 1. The van der Waals surface area contributed by atoms with Crippen molar-refractivity contribution in [3.8, 4) is 16.9 Å². The quantitative estimate of drug-likeness (QED) is 0.608. The molecule has 1 saturated heterocycles. The molecule has 2 aliphatic heterocycles. The highest BCUT2D eigenvalue weighted by atomic mass is 19.4. The van der Waals surface area contributed by atoms with Crippen LogP contribution in [0.25, 0.3) is 11.1 Å². The number of rotatable bonds is 4. The Morgan fingerprint density at radius 3 is 2.64 bits per heavy atom. The zero-order valence-corrected chi connectivity index (χ0v) is 17.3. The van der Waals surface area contributed by atoms with E-state index in [1.165, 1.54) is 48.9 Å². The van der Waals surface area contributed by atoms with E-state index in [-0.39, 0.29) is 28.7 Å². The Bertz CT molecular complexity index is 1260. The summed E-state index contributed by atoms with van der Waals surface area (Å²) in [5.41, 5.74) is 0.627. The summed E-state index contributed by atoms with van der Waals surface area (Å²) in [5.74, 6) is -0.523. The number of piperidine rings is 1. The molecular weight excluding hydrogens is 437 g/mol. The first-order valence-electron chi connectivity index (χ1n) is 10.4. The van der Waals surface area contributed by atoms with Gasteiger partial charge in [0, 0.05) is 42.8 Å². The van der Waals surface area contributed by atoms with Crippen LogP contribution >= 0.6 is 0 Å². The van der Waals surface area contributed by atoms with Crippen LogP contribution in [0.3, 0.4) is 0 Å². The van der Waals surface area contributed by atoms with Gasteiger partial charge in [0.2, 0.25) is 0 Å². The number of nitrogens with one attached hydrogen (secondary N) is 1. The Morgan fingerprint density at radius 1 is 1.15 bits per heavy atom. The highest BCUT2D eigenvalue weighted by Crippen LogP contribution is 2.44. The Hall–Kier alpha value is -3.53. The topological polar surface area (TPSA) is 86.1 Å². The van der Waals surface area contributed by atoms with E-state index in [0.29, 0.717) is 42.9 Å². The third-order valence-corrected chi connectivity index (χ3v) is 6.20. The van der Waals surface area contributed by atoms with Crippen LogP contribution in [0, 0.1) is 5.92 Å². The van der Waals surface area contributed by atoms with E-state index in [1.807, 2.05) is 0 Å². The fourth-order valence-corrected chi connectivity index (χ4v) is 4.98. The molecule has 0 aliphatic carbocycles. The summed E-state index contributed by atoms with van der Waals surface area (Å²) in [7, 11) is 0. The number of aromatic nitrogens is 3. The second kappa shape index (κ2) is 7.80. The Labute approximate surface area is 186 Å². The minimum Gasteiger partial charge on any atom is -0.406 e. The SMILES string of the molecule is O=C(c1cnccn1)C12CNCC(Cn3c1c(-c1ccc(OC(F)(F)F)cc1)ccc3=O)C2. The van der Waals surface area contributed by atoms with Gasteiger partial charge in [-0.05, 0) is 42.6 Å². The molecular formula is C23H19F3N4O3. The summed E-state index contributed by atoms with van der Waals surface area (Å²) in [6, 6.07) is 8.46. The maximum Gasteiger partial charge on any atom is 0.573 e. The minimum atomic E-state index is -4.79. The maximum absolute atomic E-state index is 13.8. The molecule has 2 bridgehead atoms. The molecule has 1 fully saturated rings. The van der Waals surface area contributed by atoms with E-state index in [0.717, 1.165) is 0 Å². The van der Waals surface area contributed by atoms with Gasteiger partial charge in [-0.1, -0.05) is 12.1 Å². The van der Waals surface area contributed by atoms with Crippen molar-refractivity contribution < 1.29 is 22.7 Å². The molecule has 33 heavy (non-hydrogen) atoms. The molecule has 0 saturated carbocycles. The zero-order chi connectivity index (χ0) is 23.2. The Morgan fingerprint density at radius 2 is 1.94 bits per heavy atom. The number of hydrogen-bond acceptors (Lipinski definition) is 6. The van der Waals surface area contributed by atoms with Crippen LogP contribution in [-0.4, -0.2) is 39.8 Å². The molecule has 2 aromatic heterocycles. The van der Waals surface area contributed by atoms with Crippen molar-refractivity contribution in [2.45, 2.75) is 24.7 Å². The van der Waals surface area contributed by atoms with E-state index >= 15 is 0 Å². The molecule has 0 spiro atoms. The van der Waals surface area contributed by atoms with Crippen molar-refractivity contribution in [2.24, 2.45) is 5.92 Å². The van der Waals surface area contributed by atoms with Gasteiger partial charge in [0.25, 0.3) is 5.56 Å². The van der Waals surface area contributed by atoms with Gasteiger partial charge in [0.1, 0.15) is 11.4 Å². The molecule has 0 radical (unpaired) electrons. The summed E-state index contributed by atoms with van der Waals surface area (Å²) in [5, 5.41) is 3.32. The molecule has 4 heterocycles. The van der Waals surface area contributed by atoms with Crippen molar-refractivity contribution in [3.05, 3.63) is 76.7 Å². The molecule has 1 N–H and O–H groups in total. The number of ether oxygens (including phenoxy) is 1. The maximum atomic E-state index is 13.8. The van der Waals surface area contributed by atoms with E-state index in [2.05, 4.69) is 20.0 Å². The van der Waals surface area contributed by atoms with E-state index in [1.54, 1.807) is 10.6 Å². The van der Waals surface area contributed by atoms with Crippen molar-refractivity contribution in [2.75, 3.05) is 13.1 Å². The summed E-state index contributed by atoms with van der Waals surface area (Å²) in [6.45, 7) is 1.43. The molecule has 2 unspecified atom stereocenters. The first kappa shape index (κ1) is 21.3. The van der Waals surface area contributed by atoms with Crippen LogP contribution in [-0.2, 0) is 12.0 Å². The summed E-state index contributed by atoms with van der Waals surface area (Å²) in [6.07, 6.45) is 0.0615. The number of Topliss-reactive ketones (excluding diaryl/α,β-unsaturated/α-hetero) is 1. The van der Waals surface area contributed by atoms with Crippen molar-refractivity contribution in [3.63, 3.8) is 0 Å². The van der Waals surface area contributed by atoms with Crippen molar-refractivity contribution >= 4 is 5.78 Å². The monoisotopic (exact) mass is 456 g/mol. The van der Waals surface area contributed by atoms with Gasteiger partial charge in [-0.15, -0.1) is 13.2 Å². The smallest absolute Gasteiger partial charge is 0.406 e. The number of carbonyl (C=O) groups is 1. The molecule has 10 heteroatoms. The average Bonchev–Trinajstić information content (AvgIpc) is 2.80. The van der Waals surface area contributed by atoms with Crippen molar-refractivity contribution in [1.82, 2.24) is 19.9 Å². The lowest BCUT2D eigenvalue weighted by Crippen LogP contribution is -2.59. The largest absolute Gasteiger partial charge is 0.573 e. The zero-order valence-electron chi connectivity index (χ0n) is 17.3. The van der Waals surface area contributed by atoms with Crippen LogP contribution in [0.5, 0.6) is 5.75 Å². The second-order valence-corrected chi connectivity index (χ2v) is 8.32. The van der Waals surface area contributed by atoms with Gasteiger partial charge < -0.3 is 14.6 Å². The van der Waals surface area contributed by atoms with Gasteiger partial charge in [-0.3, -0.25) is 14.6 Å². The number of halogens is 3. The molecule has 2 aliphatic rings. The fourth-order valence-electron chi connectivity index (χ4n) is 4.98. The van der Waals surface area contributed by atoms with Gasteiger partial charge in [-0.2, -0.15) is 0 Å². The fraction of sp³-hybridized carbons (Fsp3) is 0.304. The third kappa shape index (κ3) is 3.80. The number of alkyl halides is 3. The average molecular weight is 456 g/mol. The lowest BCUT2D eigenvalue weighted by atomic mass is 9.66. The second-order valence-electron chi connectivity index (χ2n) is 8.32. The van der Waals surface area contributed by atoms with Crippen LogP contribution in [0.1, 0.15) is 22.6 Å². The number of fused-ring (bicyclic) bond motifs is 4. The van der Waals surface area contributed by atoms with Crippen LogP contribution in [0.2, 0.25) is 0 Å². The van der Waals surface area contributed by atoms with Gasteiger partial charge in [-0.25, -0.2) is 4.98 Å². The Balaban J connectivity index is 1.67. The lowest BCUT2D eigenvalue weighted by Gasteiger charge is -2.46. The standard InChI is InChI=1S/C23H19F3N4O3/c24-23(25,26)33-16-3-1-15(2-4-16)17-5-6-19(31)30-12-14-9-22(20(17)30,13-28-10-14)21(32)18-11-27-7-8-29-18/h1-8,11,14,28H,9-10,12-13H2. The van der Waals surface area contributed by atoms with Crippen molar-refractivity contribution in [1.29, 1.82) is 0 Å². The van der Waals surface area contributed by atoms with E-state index < -0.39 is 11.8 Å². The van der Waals surface area contributed by atoms with Gasteiger partial charge in [0.05, 0.1) is 11.6 Å². The third-order valence-electron chi connectivity index (χ3n) is 6.20. The van der Waals surface area contributed by atoms with Crippen LogP contribution < -0.4 is 15.6 Å². The molecule has 170 valence electrons. The highest BCUT2D eigenvalue weighted by molar-refractivity contribution is 6.03. The van der Waals surface area contributed by atoms with E-state index in [9.17, 15) is 22.8 Å². The predicted molar refractivity (Wildman–Crippen MR) is 112 cm³/mol. The minimum absolute atomic E-state index is 0.0717. The number of nitrogens with zero attached hydrogens (tertiary/aromatic N) is 3. The molecule has 1 aromatic carbocycles. The highest BCUT2D eigenvalue weighted by Gasteiger charge is 2.51. The van der Waals surface area contributed by atoms with E-state index in [4.69, 9.17) is 0 Å². The van der Waals surface area contributed by atoms with Crippen LogP contribution in [0.4, 0.5) is 13.2 Å². The first-order valence-corrected chi connectivity index (χ1v) is 10.4. The Kier molecular flexibility index (Phi) is 5.04. The molecule has 5 rings (SSSR count). The molecule has 0 amide bonds. The summed E-state index contributed by atoms with van der Waals surface area (Å²) < 4.78 is 43.3. The van der Waals surface area contributed by atoms with Gasteiger partial charge in [0.15, 0.2) is 5.78 Å². The lowest BCUT2D eigenvalue weighted by molar-refractivity contribution is -0.274. The summed E-state index contributed by atoms with van der Waals surface area (Å²) >= 11 is 0. The summed E-state index contributed by atoms with van der Waals surface area (Å²) in [4.78, 5) is 34.9. The number of benzene rings is 1. The van der Waals surface area contributed by atoms with Crippen LogP contribution in [0.15, 0.2) is 59.8 Å². The van der Waals surface area contributed by atoms with Gasteiger partial charge >= 0.3 is 6.36 Å². The number of carbonyl (C=O) groups excluding carboxylic acids is 1. The molecule has 2 atom stereocenters. The predicted octanol–water partition coefficient (Wildman–Crippen LogP) is 2.95.